The van der Waals surface area contributed by atoms with Gasteiger partial charge >= 0.3 is 0 Å². The topological polar surface area (TPSA) is 47.3 Å². The van der Waals surface area contributed by atoms with Crippen molar-refractivity contribution in [2.75, 3.05) is 6.61 Å². The van der Waals surface area contributed by atoms with Crippen LogP contribution in [0.1, 0.15) is 24.1 Å². The van der Waals surface area contributed by atoms with E-state index in [0.29, 0.717) is 13.0 Å². The van der Waals surface area contributed by atoms with Crippen molar-refractivity contribution in [3.63, 3.8) is 0 Å². The number of aromatic nitrogens is 2. The number of ether oxygens (including phenoxy) is 1. The molecule has 2 rings (SSSR count). The third kappa shape index (κ3) is 4.38. The molecule has 0 bridgehead atoms. The van der Waals surface area contributed by atoms with Crippen molar-refractivity contribution < 1.29 is 9.84 Å². The van der Waals surface area contributed by atoms with E-state index >= 15 is 0 Å². The molecule has 0 saturated carbocycles. The van der Waals surface area contributed by atoms with Crippen LogP contribution in [0.4, 0.5) is 0 Å². The average molecular weight is 274 g/mol. The summed E-state index contributed by atoms with van der Waals surface area (Å²) in [5, 5.41) is 14.1. The summed E-state index contributed by atoms with van der Waals surface area (Å²) in [6.45, 7) is 2.58. The Morgan fingerprint density at radius 2 is 2.15 bits per heavy atom. The maximum absolute atomic E-state index is 9.96. The van der Waals surface area contributed by atoms with Crippen molar-refractivity contribution in [1.29, 1.82) is 0 Å². The van der Waals surface area contributed by atoms with Crippen LogP contribution in [0.2, 0.25) is 0 Å². The number of nitrogens with zero attached hydrogens (tertiary/aromatic N) is 2. The summed E-state index contributed by atoms with van der Waals surface area (Å²) < 4.78 is 7.48. The molecule has 2 aromatic rings. The first kappa shape index (κ1) is 14.6. The van der Waals surface area contributed by atoms with Gasteiger partial charge in [0.15, 0.2) is 0 Å². The molecule has 0 aliphatic rings. The van der Waals surface area contributed by atoms with Gasteiger partial charge in [0, 0.05) is 25.4 Å². The van der Waals surface area contributed by atoms with Gasteiger partial charge in [-0.2, -0.15) is 5.10 Å². The van der Waals surface area contributed by atoms with Gasteiger partial charge in [-0.25, -0.2) is 0 Å². The van der Waals surface area contributed by atoms with Gasteiger partial charge in [-0.05, 0) is 43.5 Å². The first-order valence-electron chi connectivity index (χ1n) is 6.99. The highest BCUT2D eigenvalue weighted by Crippen LogP contribution is 2.13. The van der Waals surface area contributed by atoms with Crippen molar-refractivity contribution in [2.24, 2.45) is 7.05 Å². The fraction of sp³-hybridized carbons (Fsp3) is 0.438. The van der Waals surface area contributed by atoms with Crippen LogP contribution in [0.25, 0.3) is 0 Å². The molecule has 1 atom stereocenters. The molecule has 4 nitrogen and oxygen atoms in total. The summed E-state index contributed by atoms with van der Waals surface area (Å²) in [5.74, 6) is 0.865. The van der Waals surface area contributed by atoms with Crippen LogP contribution in [0.15, 0.2) is 36.5 Å². The van der Waals surface area contributed by atoms with Gasteiger partial charge in [0.1, 0.15) is 5.75 Å². The van der Waals surface area contributed by atoms with E-state index in [2.05, 4.69) is 5.10 Å². The zero-order valence-corrected chi connectivity index (χ0v) is 12.1. The van der Waals surface area contributed by atoms with Gasteiger partial charge in [-0.1, -0.05) is 12.1 Å². The Labute approximate surface area is 120 Å². The molecule has 4 heteroatoms. The van der Waals surface area contributed by atoms with Crippen LogP contribution in [0, 0.1) is 6.92 Å². The molecule has 108 valence electrons. The van der Waals surface area contributed by atoms with Crippen LogP contribution in [0.5, 0.6) is 5.75 Å². The number of aliphatic hydroxyl groups excluding tert-OH is 1. The zero-order valence-electron chi connectivity index (χ0n) is 12.1. The lowest BCUT2D eigenvalue weighted by molar-refractivity contribution is 0.130. The second-order valence-corrected chi connectivity index (χ2v) is 5.09. The van der Waals surface area contributed by atoms with E-state index in [1.54, 1.807) is 6.20 Å². The highest BCUT2D eigenvalue weighted by atomic mass is 16.5. The van der Waals surface area contributed by atoms with Crippen molar-refractivity contribution in [1.82, 2.24) is 9.78 Å². The fourth-order valence-electron chi connectivity index (χ4n) is 2.12. The van der Waals surface area contributed by atoms with Crippen LogP contribution in [-0.4, -0.2) is 27.6 Å². The lowest BCUT2D eigenvalue weighted by Gasteiger charge is -2.12. The standard InChI is InChI=1S/C16H22N2O2/c1-13-4-3-5-16(12-13)20-11-9-15(19)7-6-14-8-10-17-18(14)2/h3-5,8,10,12,15,19H,6-7,9,11H2,1-2H3. The van der Waals surface area contributed by atoms with Crippen LogP contribution in [0.3, 0.4) is 0 Å². The quantitative estimate of drug-likeness (QED) is 0.844. The van der Waals surface area contributed by atoms with Crippen LogP contribution < -0.4 is 4.74 Å². The van der Waals surface area contributed by atoms with Crippen molar-refractivity contribution in [2.45, 2.75) is 32.3 Å². The van der Waals surface area contributed by atoms with Crippen molar-refractivity contribution >= 4 is 0 Å². The first-order chi connectivity index (χ1) is 9.65. The molecule has 1 aromatic carbocycles. The SMILES string of the molecule is Cc1cccc(OCCC(O)CCc2ccnn2C)c1. The molecule has 1 N–H and O–H groups in total. The molecule has 1 heterocycles. The minimum Gasteiger partial charge on any atom is -0.493 e. The minimum atomic E-state index is -0.338. The van der Waals surface area contributed by atoms with E-state index in [0.717, 1.165) is 24.3 Å². The molecule has 1 unspecified atom stereocenters. The number of benzene rings is 1. The van der Waals surface area contributed by atoms with Gasteiger partial charge in [-0.15, -0.1) is 0 Å². The first-order valence-corrected chi connectivity index (χ1v) is 6.99. The predicted octanol–water partition coefficient (Wildman–Crippen LogP) is 2.49. The molecular formula is C16H22N2O2. The molecule has 20 heavy (non-hydrogen) atoms. The van der Waals surface area contributed by atoms with Crippen molar-refractivity contribution in [3.05, 3.63) is 47.8 Å². The zero-order chi connectivity index (χ0) is 14.4. The predicted molar refractivity (Wildman–Crippen MR) is 78.8 cm³/mol. The Hall–Kier alpha value is -1.81. The normalized spacial score (nSPS) is 12.3. The summed E-state index contributed by atoms with van der Waals surface area (Å²) in [6.07, 6.45) is 3.65. The maximum Gasteiger partial charge on any atom is 0.119 e. The Bertz CT molecular complexity index is 537. The summed E-state index contributed by atoms with van der Waals surface area (Å²) in [4.78, 5) is 0. The fourth-order valence-corrected chi connectivity index (χ4v) is 2.12. The Kier molecular flexibility index (Phi) is 5.18. The molecule has 0 spiro atoms. The lowest BCUT2D eigenvalue weighted by Crippen LogP contribution is -2.14. The number of rotatable bonds is 7. The van der Waals surface area contributed by atoms with Gasteiger partial charge in [-0.3, -0.25) is 4.68 Å². The van der Waals surface area contributed by atoms with E-state index in [1.807, 2.05) is 49.0 Å². The second-order valence-electron chi connectivity index (χ2n) is 5.09. The van der Waals surface area contributed by atoms with Crippen LogP contribution in [-0.2, 0) is 13.5 Å². The third-order valence-electron chi connectivity index (χ3n) is 3.37. The van der Waals surface area contributed by atoms with E-state index in [4.69, 9.17) is 4.74 Å². The molecule has 0 aliphatic carbocycles. The smallest absolute Gasteiger partial charge is 0.119 e. The molecule has 0 amide bonds. The van der Waals surface area contributed by atoms with Crippen LogP contribution >= 0.6 is 0 Å². The summed E-state index contributed by atoms with van der Waals surface area (Å²) in [7, 11) is 1.92. The highest BCUT2D eigenvalue weighted by Gasteiger charge is 2.07. The number of hydrogen-bond acceptors (Lipinski definition) is 3. The molecule has 0 aliphatic heterocycles. The summed E-state index contributed by atoms with van der Waals surface area (Å²) >= 11 is 0. The van der Waals surface area contributed by atoms with Gasteiger partial charge in [0.05, 0.1) is 12.7 Å². The van der Waals surface area contributed by atoms with E-state index in [-0.39, 0.29) is 6.10 Å². The van der Waals surface area contributed by atoms with Gasteiger partial charge < -0.3 is 9.84 Å². The summed E-state index contributed by atoms with van der Waals surface area (Å²) in [6, 6.07) is 9.94. The van der Waals surface area contributed by atoms with E-state index in [9.17, 15) is 5.11 Å². The Morgan fingerprint density at radius 3 is 2.85 bits per heavy atom. The molecule has 0 fully saturated rings. The molecule has 1 aromatic heterocycles. The number of aryl methyl sites for hydroxylation is 3. The monoisotopic (exact) mass is 274 g/mol. The Balaban J connectivity index is 1.68. The van der Waals surface area contributed by atoms with Crippen molar-refractivity contribution in [3.8, 4) is 5.75 Å². The molecular weight excluding hydrogens is 252 g/mol. The number of aliphatic hydroxyl groups is 1. The lowest BCUT2D eigenvalue weighted by atomic mass is 10.1. The van der Waals surface area contributed by atoms with Gasteiger partial charge in [0.25, 0.3) is 0 Å². The highest BCUT2D eigenvalue weighted by molar-refractivity contribution is 5.27. The minimum absolute atomic E-state index is 0.338. The average Bonchev–Trinajstić information content (AvgIpc) is 2.82. The third-order valence-corrected chi connectivity index (χ3v) is 3.37. The number of hydrogen-bond donors (Lipinski definition) is 1. The van der Waals surface area contributed by atoms with Gasteiger partial charge in [0.2, 0.25) is 0 Å². The summed E-state index contributed by atoms with van der Waals surface area (Å²) in [5.41, 5.74) is 2.32. The largest absolute Gasteiger partial charge is 0.493 e. The molecule has 0 radical (unpaired) electrons. The Morgan fingerprint density at radius 1 is 1.30 bits per heavy atom. The maximum atomic E-state index is 9.96. The van der Waals surface area contributed by atoms with E-state index < -0.39 is 0 Å². The molecule has 0 saturated heterocycles. The van der Waals surface area contributed by atoms with E-state index in [1.165, 1.54) is 5.56 Å². The second kappa shape index (κ2) is 7.10.